The van der Waals surface area contributed by atoms with Crippen molar-refractivity contribution in [2.45, 2.75) is 0 Å². The lowest BCUT2D eigenvalue weighted by Gasteiger charge is -1.93. The molecule has 1 aromatic heterocycles. The quantitative estimate of drug-likeness (QED) is 0.510. The third-order valence-corrected chi connectivity index (χ3v) is 1.54. The number of carbonyl (C=O) groups is 1. The number of Topliss-reactive ketones (excluding diaryl/α,β-unsaturated/α-hetero) is 1. The van der Waals surface area contributed by atoms with Gasteiger partial charge in [0.25, 0.3) is 0 Å². The number of halogens is 1. The molecule has 12 heavy (non-hydrogen) atoms. The van der Waals surface area contributed by atoms with Gasteiger partial charge < -0.3 is 0 Å². The summed E-state index contributed by atoms with van der Waals surface area (Å²) in [6.07, 6.45) is 1.35. The molecular formula is C8H5ClN2O. The van der Waals surface area contributed by atoms with Gasteiger partial charge in [0.05, 0.1) is 11.4 Å². The minimum Gasteiger partial charge on any atom is -0.291 e. The average molecular weight is 181 g/mol. The van der Waals surface area contributed by atoms with Crippen LogP contribution in [-0.2, 0) is 0 Å². The fourth-order valence-corrected chi connectivity index (χ4v) is 0.830. The molecular weight excluding hydrogens is 176 g/mol. The average Bonchev–Trinajstić information content (AvgIpc) is 2.17. The molecule has 0 spiro atoms. The molecule has 0 bridgehead atoms. The molecule has 60 valence electrons. The number of hydrogen-bond donors (Lipinski definition) is 0. The van der Waals surface area contributed by atoms with Crippen LogP contribution in [0.2, 0.25) is 0 Å². The largest absolute Gasteiger partial charge is 0.291 e. The van der Waals surface area contributed by atoms with E-state index in [2.05, 4.69) is 4.98 Å². The second-order valence-electron chi connectivity index (χ2n) is 2.10. The first-order valence-electron chi connectivity index (χ1n) is 3.23. The lowest BCUT2D eigenvalue weighted by atomic mass is 10.2. The molecule has 3 nitrogen and oxygen atoms in total. The normalized spacial score (nSPS) is 9.00. The second kappa shape index (κ2) is 3.84. The number of ketones is 1. The van der Waals surface area contributed by atoms with Crippen LogP contribution in [0, 0.1) is 11.3 Å². The summed E-state index contributed by atoms with van der Waals surface area (Å²) >= 11 is 5.31. The van der Waals surface area contributed by atoms with Crippen LogP contribution in [0.1, 0.15) is 16.1 Å². The van der Waals surface area contributed by atoms with Gasteiger partial charge in [-0.2, -0.15) is 5.26 Å². The van der Waals surface area contributed by atoms with Gasteiger partial charge in [-0.15, -0.1) is 11.6 Å². The molecule has 0 aliphatic heterocycles. The summed E-state index contributed by atoms with van der Waals surface area (Å²) < 4.78 is 0. The smallest absolute Gasteiger partial charge is 0.195 e. The summed E-state index contributed by atoms with van der Waals surface area (Å²) in [4.78, 5) is 14.7. The zero-order chi connectivity index (χ0) is 8.97. The highest BCUT2D eigenvalue weighted by Crippen LogP contribution is 2.00. The Labute approximate surface area is 74.6 Å². The Morgan fingerprint density at radius 1 is 1.67 bits per heavy atom. The van der Waals surface area contributed by atoms with Crippen LogP contribution in [-0.4, -0.2) is 16.6 Å². The standard InChI is InChI=1S/C8H5ClN2O/c9-3-8(12)7-2-1-6(4-10)5-11-7/h1-2,5H,3H2. The van der Waals surface area contributed by atoms with E-state index in [-0.39, 0.29) is 11.7 Å². The van der Waals surface area contributed by atoms with Crippen LogP contribution in [0.5, 0.6) is 0 Å². The van der Waals surface area contributed by atoms with Gasteiger partial charge in [0.1, 0.15) is 11.8 Å². The summed E-state index contributed by atoms with van der Waals surface area (Å²) in [5.41, 5.74) is 0.727. The molecule has 0 N–H and O–H groups in total. The minimum absolute atomic E-state index is 0.0844. The molecule has 0 radical (unpaired) electrons. The van der Waals surface area contributed by atoms with Crippen molar-refractivity contribution in [1.29, 1.82) is 5.26 Å². The number of aromatic nitrogens is 1. The zero-order valence-electron chi connectivity index (χ0n) is 6.12. The van der Waals surface area contributed by atoms with E-state index in [1.807, 2.05) is 6.07 Å². The Bertz CT molecular complexity index is 326. The Hall–Kier alpha value is -1.40. The Balaban J connectivity index is 2.94. The number of pyridine rings is 1. The summed E-state index contributed by atoms with van der Waals surface area (Å²) in [5, 5.41) is 8.42. The maximum absolute atomic E-state index is 10.9. The van der Waals surface area contributed by atoms with E-state index in [1.54, 1.807) is 0 Å². The van der Waals surface area contributed by atoms with Crippen molar-refractivity contribution >= 4 is 17.4 Å². The second-order valence-corrected chi connectivity index (χ2v) is 2.37. The van der Waals surface area contributed by atoms with Crippen molar-refractivity contribution in [3.8, 4) is 6.07 Å². The first-order valence-corrected chi connectivity index (χ1v) is 3.76. The van der Waals surface area contributed by atoms with Crippen molar-refractivity contribution < 1.29 is 4.79 Å². The van der Waals surface area contributed by atoms with Crippen molar-refractivity contribution in [2.75, 3.05) is 5.88 Å². The molecule has 0 atom stereocenters. The SMILES string of the molecule is N#Cc1ccc(C(=O)CCl)nc1. The van der Waals surface area contributed by atoms with E-state index in [9.17, 15) is 4.79 Å². The van der Waals surface area contributed by atoms with E-state index < -0.39 is 0 Å². The summed E-state index contributed by atoms with van der Waals surface area (Å²) in [5.74, 6) is -0.319. The Kier molecular flexibility index (Phi) is 2.78. The maximum Gasteiger partial charge on any atom is 0.195 e. The van der Waals surface area contributed by atoms with E-state index in [4.69, 9.17) is 16.9 Å². The highest BCUT2D eigenvalue weighted by atomic mass is 35.5. The monoisotopic (exact) mass is 180 g/mol. The van der Waals surface area contributed by atoms with Crippen molar-refractivity contribution in [3.05, 3.63) is 29.6 Å². The van der Waals surface area contributed by atoms with Crippen molar-refractivity contribution in [3.63, 3.8) is 0 Å². The van der Waals surface area contributed by atoms with Crippen molar-refractivity contribution in [1.82, 2.24) is 4.98 Å². The van der Waals surface area contributed by atoms with E-state index in [1.165, 1.54) is 18.3 Å². The lowest BCUT2D eigenvalue weighted by Crippen LogP contribution is -2.02. The van der Waals surface area contributed by atoms with E-state index in [0.29, 0.717) is 11.3 Å². The molecule has 0 aliphatic carbocycles. The summed E-state index contributed by atoms with van der Waals surface area (Å²) in [6.45, 7) is 0. The molecule has 0 saturated heterocycles. The first-order chi connectivity index (χ1) is 5.77. The Morgan fingerprint density at radius 3 is 2.83 bits per heavy atom. The number of alkyl halides is 1. The van der Waals surface area contributed by atoms with Crippen LogP contribution < -0.4 is 0 Å². The number of nitrogens with zero attached hydrogens (tertiary/aromatic N) is 2. The highest BCUT2D eigenvalue weighted by Gasteiger charge is 2.04. The maximum atomic E-state index is 10.9. The molecule has 0 aromatic carbocycles. The summed E-state index contributed by atoms with van der Waals surface area (Å²) in [6, 6.07) is 4.93. The zero-order valence-corrected chi connectivity index (χ0v) is 6.88. The van der Waals surface area contributed by atoms with Gasteiger partial charge in [-0.3, -0.25) is 9.78 Å². The molecule has 0 aliphatic rings. The molecule has 0 fully saturated rings. The molecule has 0 saturated carbocycles. The molecule has 1 heterocycles. The van der Waals surface area contributed by atoms with Gasteiger partial charge in [0.15, 0.2) is 5.78 Å². The van der Waals surface area contributed by atoms with Gasteiger partial charge >= 0.3 is 0 Å². The Morgan fingerprint density at radius 2 is 2.42 bits per heavy atom. The van der Waals surface area contributed by atoms with Gasteiger partial charge in [-0.05, 0) is 12.1 Å². The molecule has 0 amide bonds. The molecule has 1 rings (SSSR count). The lowest BCUT2D eigenvalue weighted by molar-refractivity contribution is 0.101. The summed E-state index contributed by atoms with van der Waals surface area (Å²) in [7, 11) is 0. The number of carbonyl (C=O) groups excluding carboxylic acids is 1. The molecule has 0 unspecified atom stereocenters. The van der Waals surface area contributed by atoms with Crippen LogP contribution >= 0.6 is 11.6 Å². The van der Waals surface area contributed by atoms with E-state index >= 15 is 0 Å². The predicted molar refractivity (Wildman–Crippen MR) is 44.0 cm³/mol. The van der Waals surface area contributed by atoms with Crippen LogP contribution in [0.4, 0.5) is 0 Å². The van der Waals surface area contributed by atoms with Gasteiger partial charge in [0.2, 0.25) is 0 Å². The minimum atomic E-state index is -0.235. The van der Waals surface area contributed by atoms with E-state index in [0.717, 1.165) is 0 Å². The first kappa shape index (κ1) is 8.69. The topological polar surface area (TPSA) is 53.8 Å². The third-order valence-electron chi connectivity index (χ3n) is 1.30. The number of rotatable bonds is 2. The van der Waals surface area contributed by atoms with Gasteiger partial charge in [-0.25, -0.2) is 0 Å². The highest BCUT2D eigenvalue weighted by molar-refractivity contribution is 6.30. The third kappa shape index (κ3) is 1.80. The number of nitriles is 1. The molecule has 4 heteroatoms. The van der Waals surface area contributed by atoms with Crippen molar-refractivity contribution in [2.24, 2.45) is 0 Å². The van der Waals surface area contributed by atoms with Crippen LogP contribution in [0.3, 0.4) is 0 Å². The fraction of sp³-hybridized carbons (Fsp3) is 0.125. The predicted octanol–water partition coefficient (Wildman–Crippen LogP) is 1.37. The van der Waals surface area contributed by atoms with Gasteiger partial charge in [0, 0.05) is 6.20 Å². The van der Waals surface area contributed by atoms with Crippen LogP contribution in [0.25, 0.3) is 0 Å². The number of hydrogen-bond acceptors (Lipinski definition) is 3. The van der Waals surface area contributed by atoms with Gasteiger partial charge in [-0.1, -0.05) is 0 Å². The van der Waals surface area contributed by atoms with Crippen LogP contribution in [0.15, 0.2) is 18.3 Å². The molecule has 1 aromatic rings. The fourth-order valence-electron chi connectivity index (χ4n) is 0.693.